The Labute approximate surface area is 91.9 Å². The number of carboxylic acids is 1. The summed E-state index contributed by atoms with van der Waals surface area (Å²) >= 11 is 0. The Kier molecular flexibility index (Phi) is 8.33. The molecule has 0 amide bonds. The molecule has 0 aliphatic carbocycles. The average molecular weight is 217 g/mol. The summed E-state index contributed by atoms with van der Waals surface area (Å²) in [6.07, 6.45) is 1.98. The zero-order valence-electron chi connectivity index (χ0n) is 9.78. The summed E-state index contributed by atoms with van der Waals surface area (Å²) in [5, 5.41) is 17.3. The summed E-state index contributed by atoms with van der Waals surface area (Å²) in [4.78, 5) is 12.6. The standard InChI is InChI=1S/C11H23NO3/c1-10(2)4-7-12(6-3-9-13)8-5-11(14)15/h10,13H,3-9H2,1-2H3,(H,14,15). The molecule has 0 aliphatic rings. The lowest BCUT2D eigenvalue weighted by Crippen LogP contribution is -2.29. The van der Waals surface area contributed by atoms with Gasteiger partial charge in [0.1, 0.15) is 0 Å². The van der Waals surface area contributed by atoms with E-state index in [4.69, 9.17) is 10.2 Å². The highest BCUT2D eigenvalue weighted by atomic mass is 16.4. The van der Waals surface area contributed by atoms with E-state index in [1.54, 1.807) is 0 Å². The molecule has 0 spiro atoms. The molecule has 4 heteroatoms. The van der Waals surface area contributed by atoms with Gasteiger partial charge in [0.15, 0.2) is 0 Å². The molecule has 0 aromatic heterocycles. The van der Waals surface area contributed by atoms with Gasteiger partial charge in [-0.15, -0.1) is 0 Å². The van der Waals surface area contributed by atoms with Crippen molar-refractivity contribution in [3.05, 3.63) is 0 Å². The first-order chi connectivity index (χ1) is 7.06. The van der Waals surface area contributed by atoms with Crippen LogP contribution in [0.25, 0.3) is 0 Å². The minimum Gasteiger partial charge on any atom is -0.481 e. The molecule has 15 heavy (non-hydrogen) atoms. The molecule has 0 saturated carbocycles. The predicted molar refractivity (Wildman–Crippen MR) is 59.9 cm³/mol. The van der Waals surface area contributed by atoms with Crippen molar-refractivity contribution in [2.75, 3.05) is 26.2 Å². The molecule has 0 aliphatic heterocycles. The van der Waals surface area contributed by atoms with Crippen LogP contribution < -0.4 is 0 Å². The van der Waals surface area contributed by atoms with Crippen LogP contribution in [0, 0.1) is 5.92 Å². The van der Waals surface area contributed by atoms with Crippen molar-refractivity contribution in [3.8, 4) is 0 Å². The summed E-state index contributed by atoms with van der Waals surface area (Å²) < 4.78 is 0. The lowest BCUT2D eigenvalue weighted by atomic mass is 10.1. The third-order valence-corrected chi connectivity index (χ3v) is 2.30. The van der Waals surface area contributed by atoms with E-state index in [-0.39, 0.29) is 13.0 Å². The van der Waals surface area contributed by atoms with Crippen molar-refractivity contribution >= 4 is 5.97 Å². The summed E-state index contributed by atoms with van der Waals surface area (Å²) in [6.45, 7) is 6.78. The molecule has 0 fully saturated rings. The molecule has 0 radical (unpaired) electrons. The van der Waals surface area contributed by atoms with Crippen molar-refractivity contribution in [2.24, 2.45) is 5.92 Å². The predicted octanol–water partition coefficient (Wildman–Crippen LogP) is 1.19. The van der Waals surface area contributed by atoms with Gasteiger partial charge in [-0.05, 0) is 25.3 Å². The number of carbonyl (C=O) groups is 1. The van der Waals surface area contributed by atoms with Gasteiger partial charge in [-0.2, -0.15) is 0 Å². The van der Waals surface area contributed by atoms with Crippen molar-refractivity contribution in [2.45, 2.75) is 33.1 Å². The largest absolute Gasteiger partial charge is 0.481 e. The highest BCUT2D eigenvalue weighted by Gasteiger charge is 2.07. The summed E-state index contributed by atoms with van der Waals surface area (Å²) in [5.41, 5.74) is 0. The van der Waals surface area contributed by atoms with Gasteiger partial charge in [-0.1, -0.05) is 13.8 Å². The molecule has 0 saturated heterocycles. The third kappa shape index (κ3) is 9.69. The van der Waals surface area contributed by atoms with Gasteiger partial charge in [0.25, 0.3) is 0 Å². The van der Waals surface area contributed by atoms with Crippen LogP contribution in [-0.4, -0.2) is 47.3 Å². The van der Waals surface area contributed by atoms with Crippen LogP contribution in [0.3, 0.4) is 0 Å². The van der Waals surface area contributed by atoms with E-state index in [2.05, 4.69) is 18.7 Å². The number of nitrogens with zero attached hydrogens (tertiary/aromatic N) is 1. The Morgan fingerprint density at radius 2 is 1.93 bits per heavy atom. The molecular formula is C11H23NO3. The fourth-order valence-corrected chi connectivity index (χ4v) is 1.32. The van der Waals surface area contributed by atoms with Gasteiger partial charge in [0.05, 0.1) is 6.42 Å². The Morgan fingerprint density at radius 3 is 2.40 bits per heavy atom. The zero-order valence-corrected chi connectivity index (χ0v) is 9.78. The molecule has 90 valence electrons. The molecule has 0 bridgehead atoms. The normalized spacial score (nSPS) is 11.3. The summed E-state index contributed by atoms with van der Waals surface area (Å²) in [7, 11) is 0. The topological polar surface area (TPSA) is 60.8 Å². The van der Waals surface area contributed by atoms with Gasteiger partial charge >= 0.3 is 5.97 Å². The van der Waals surface area contributed by atoms with Crippen LogP contribution in [0.15, 0.2) is 0 Å². The molecule has 4 nitrogen and oxygen atoms in total. The van der Waals surface area contributed by atoms with Crippen LogP contribution in [0.4, 0.5) is 0 Å². The quantitative estimate of drug-likeness (QED) is 0.609. The van der Waals surface area contributed by atoms with Crippen molar-refractivity contribution in [1.29, 1.82) is 0 Å². The van der Waals surface area contributed by atoms with Crippen LogP contribution in [0.2, 0.25) is 0 Å². The van der Waals surface area contributed by atoms with Gasteiger partial charge < -0.3 is 15.1 Å². The molecule has 0 atom stereocenters. The van der Waals surface area contributed by atoms with Crippen LogP contribution in [0.1, 0.15) is 33.1 Å². The SMILES string of the molecule is CC(C)CCN(CCCO)CCC(=O)O. The number of hydrogen-bond donors (Lipinski definition) is 2. The minimum atomic E-state index is -0.756. The fraction of sp³-hybridized carbons (Fsp3) is 0.909. The minimum absolute atomic E-state index is 0.172. The monoisotopic (exact) mass is 217 g/mol. The maximum absolute atomic E-state index is 10.4. The first kappa shape index (κ1) is 14.4. The highest BCUT2D eigenvalue weighted by Crippen LogP contribution is 2.03. The second-order valence-corrected chi connectivity index (χ2v) is 4.25. The van der Waals surface area contributed by atoms with Gasteiger partial charge in [-0.25, -0.2) is 0 Å². The van der Waals surface area contributed by atoms with Crippen molar-refractivity contribution in [3.63, 3.8) is 0 Å². The second kappa shape index (κ2) is 8.68. The van der Waals surface area contributed by atoms with E-state index in [1.165, 1.54) is 0 Å². The van der Waals surface area contributed by atoms with Crippen LogP contribution >= 0.6 is 0 Å². The lowest BCUT2D eigenvalue weighted by Gasteiger charge is -2.21. The lowest BCUT2D eigenvalue weighted by molar-refractivity contribution is -0.137. The average Bonchev–Trinajstić information content (AvgIpc) is 2.16. The Balaban J connectivity index is 3.77. The number of rotatable bonds is 9. The smallest absolute Gasteiger partial charge is 0.304 e. The molecule has 0 aromatic rings. The number of aliphatic hydroxyl groups is 1. The number of aliphatic hydroxyl groups excluding tert-OH is 1. The Bertz CT molecular complexity index is 171. The van der Waals surface area contributed by atoms with Gasteiger partial charge in [0.2, 0.25) is 0 Å². The molecule has 0 heterocycles. The summed E-state index contributed by atoms with van der Waals surface area (Å²) in [5.74, 6) is -0.125. The molecule has 0 unspecified atom stereocenters. The second-order valence-electron chi connectivity index (χ2n) is 4.25. The molecule has 2 N–H and O–H groups in total. The first-order valence-corrected chi connectivity index (χ1v) is 5.61. The Morgan fingerprint density at radius 1 is 1.27 bits per heavy atom. The van der Waals surface area contributed by atoms with E-state index in [1.807, 2.05) is 0 Å². The van der Waals surface area contributed by atoms with Crippen LogP contribution in [0.5, 0.6) is 0 Å². The van der Waals surface area contributed by atoms with Crippen molar-refractivity contribution < 1.29 is 15.0 Å². The van der Waals surface area contributed by atoms with Gasteiger partial charge in [0, 0.05) is 19.7 Å². The maximum Gasteiger partial charge on any atom is 0.304 e. The first-order valence-electron chi connectivity index (χ1n) is 5.61. The van der Waals surface area contributed by atoms with E-state index in [0.717, 1.165) is 25.9 Å². The van der Waals surface area contributed by atoms with Crippen molar-refractivity contribution in [1.82, 2.24) is 4.90 Å². The van der Waals surface area contributed by atoms with Crippen LogP contribution in [-0.2, 0) is 4.79 Å². The van der Waals surface area contributed by atoms with E-state index >= 15 is 0 Å². The van der Waals surface area contributed by atoms with E-state index in [9.17, 15) is 4.79 Å². The highest BCUT2D eigenvalue weighted by molar-refractivity contribution is 5.66. The third-order valence-electron chi connectivity index (χ3n) is 2.30. The number of carboxylic acid groups (broad SMARTS) is 1. The van der Waals surface area contributed by atoms with Gasteiger partial charge in [-0.3, -0.25) is 4.79 Å². The van der Waals surface area contributed by atoms with E-state index < -0.39 is 5.97 Å². The zero-order chi connectivity index (χ0) is 11.7. The maximum atomic E-state index is 10.4. The Hall–Kier alpha value is -0.610. The summed E-state index contributed by atoms with van der Waals surface area (Å²) in [6, 6.07) is 0. The number of aliphatic carboxylic acids is 1. The molecular weight excluding hydrogens is 194 g/mol. The fourth-order valence-electron chi connectivity index (χ4n) is 1.32. The molecule has 0 aromatic carbocycles. The number of hydrogen-bond acceptors (Lipinski definition) is 3. The van der Waals surface area contributed by atoms with E-state index in [0.29, 0.717) is 12.5 Å². The molecule has 0 rings (SSSR count).